The Morgan fingerprint density at radius 3 is 2.23 bits per heavy atom. The number of hydrogen-bond donors (Lipinski definition) is 1. The van der Waals surface area contributed by atoms with Gasteiger partial charge in [-0.05, 0) is 55.7 Å². The molecule has 0 aliphatic rings. The summed E-state index contributed by atoms with van der Waals surface area (Å²) in [6, 6.07) is 11.4. The number of rotatable bonds is 9. The zero-order valence-electron chi connectivity index (χ0n) is 18.3. The summed E-state index contributed by atoms with van der Waals surface area (Å²) in [7, 11) is -0.691. The summed E-state index contributed by atoms with van der Waals surface area (Å²) in [6.45, 7) is 5.38. The highest BCUT2D eigenvalue weighted by Gasteiger charge is 2.32. The van der Waals surface area contributed by atoms with Gasteiger partial charge >= 0.3 is 0 Å². The lowest BCUT2D eigenvalue weighted by molar-refractivity contribution is -0.122. The van der Waals surface area contributed by atoms with Crippen LogP contribution in [0.2, 0.25) is 0 Å². The number of hydrogen-bond acceptors (Lipinski definition) is 5. The molecule has 1 N–H and O–H groups in total. The van der Waals surface area contributed by atoms with Gasteiger partial charge in [-0.3, -0.25) is 9.10 Å². The first kappa shape index (κ1) is 23.5. The zero-order valence-corrected chi connectivity index (χ0v) is 19.1. The lowest BCUT2D eigenvalue weighted by Gasteiger charge is -2.31. The first-order valence-corrected chi connectivity index (χ1v) is 11.6. The molecule has 0 aliphatic carbocycles. The van der Waals surface area contributed by atoms with Gasteiger partial charge in [-0.2, -0.15) is 0 Å². The molecule has 2 aromatic rings. The van der Waals surface area contributed by atoms with Crippen LogP contribution in [0.1, 0.15) is 37.4 Å². The van der Waals surface area contributed by atoms with E-state index in [0.29, 0.717) is 17.9 Å². The van der Waals surface area contributed by atoms with Gasteiger partial charge in [0.1, 0.15) is 17.5 Å². The van der Waals surface area contributed by atoms with Crippen LogP contribution >= 0.6 is 0 Å². The molecule has 2 atom stereocenters. The molecule has 0 heterocycles. The minimum atomic E-state index is -3.75. The maximum Gasteiger partial charge on any atom is 0.244 e. The Hall–Kier alpha value is -2.74. The smallest absolute Gasteiger partial charge is 0.244 e. The first-order valence-electron chi connectivity index (χ1n) is 9.70. The predicted molar refractivity (Wildman–Crippen MR) is 119 cm³/mol. The average Bonchev–Trinajstić information content (AvgIpc) is 2.71. The summed E-state index contributed by atoms with van der Waals surface area (Å²) in [5, 5.41) is 2.97. The van der Waals surface area contributed by atoms with Gasteiger partial charge < -0.3 is 14.8 Å². The zero-order chi connectivity index (χ0) is 22.5. The predicted octanol–water partition coefficient (Wildman–Crippen LogP) is 3.43. The van der Waals surface area contributed by atoms with Gasteiger partial charge in [0, 0.05) is 0 Å². The van der Waals surface area contributed by atoms with Crippen molar-refractivity contribution in [3.63, 3.8) is 0 Å². The van der Waals surface area contributed by atoms with E-state index in [2.05, 4.69) is 5.32 Å². The number of aryl methyl sites for hydroxylation is 1. The van der Waals surface area contributed by atoms with Crippen LogP contribution in [0.4, 0.5) is 5.69 Å². The molecule has 0 fully saturated rings. The molecular formula is C22H30N2O5S. The maximum absolute atomic E-state index is 13.1. The van der Waals surface area contributed by atoms with Crippen molar-refractivity contribution in [3.05, 3.63) is 53.6 Å². The second kappa shape index (κ2) is 9.84. The second-order valence-corrected chi connectivity index (χ2v) is 9.01. The second-order valence-electron chi connectivity index (χ2n) is 7.15. The number of anilines is 1. The highest BCUT2D eigenvalue weighted by molar-refractivity contribution is 7.92. The molecule has 0 aromatic heterocycles. The normalized spacial score (nSPS) is 13.3. The number of nitrogens with zero attached hydrogens (tertiary/aromatic N) is 1. The van der Waals surface area contributed by atoms with Crippen molar-refractivity contribution >= 4 is 21.6 Å². The van der Waals surface area contributed by atoms with Crippen LogP contribution < -0.4 is 19.1 Å². The molecule has 2 aromatic carbocycles. The van der Waals surface area contributed by atoms with Crippen molar-refractivity contribution in [1.29, 1.82) is 0 Å². The summed E-state index contributed by atoms with van der Waals surface area (Å²) in [5.74, 6) is 0.711. The average molecular weight is 435 g/mol. The van der Waals surface area contributed by atoms with Crippen LogP contribution in [0.3, 0.4) is 0 Å². The number of nitrogens with one attached hydrogen (secondary N) is 1. The van der Waals surface area contributed by atoms with Gasteiger partial charge in [-0.1, -0.05) is 25.1 Å². The van der Waals surface area contributed by atoms with E-state index >= 15 is 0 Å². The highest BCUT2D eigenvalue weighted by Crippen LogP contribution is 2.33. The molecule has 0 aliphatic heterocycles. The molecule has 30 heavy (non-hydrogen) atoms. The van der Waals surface area contributed by atoms with E-state index in [4.69, 9.17) is 9.47 Å². The van der Waals surface area contributed by atoms with Crippen LogP contribution in [0.15, 0.2) is 42.5 Å². The van der Waals surface area contributed by atoms with Crippen molar-refractivity contribution in [1.82, 2.24) is 5.32 Å². The number of benzene rings is 2. The Labute approximate surface area is 179 Å². The van der Waals surface area contributed by atoms with Crippen molar-refractivity contribution in [2.24, 2.45) is 0 Å². The lowest BCUT2D eigenvalue weighted by atomic mass is 10.0. The molecule has 0 spiro atoms. The van der Waals surface area contributed by atoms with Crippen LogP contribution in [0, 0.1) is 6.92 Å². The number of carbonyl (C=O) groups is 1. The van der Waals surface area contributed by atoms with Crippen LogP contribution in [0.5, 0.6) is 11.5 Å². The van der Waals surface area contributed by atoms with Gasteiger partial charge in [-0.25, -0.2) is 8.42 Å². The van der Waals surface area contributed by atoms with Crippen LogP contribution in [0.25, 0.3) is 0 Å². The fraction of sp³-hybridized carbons (Fsp3) is 0.409. The Kier molecular flexibility index (Phi) is 7.72. The standard InChI is InChI=1S/C22H30N2O5S/c1-7-19(17-9-11-18(28-4)12-10-17)23-22(25)16(3)24(30(6,26)27)20-14-15(2)8-13-21(20)29-5/h8-14,16,19H,7H2,1-6H3,(H,23,25). The van der Waals surface area contributed by atoms with E-state index in [1.807, 2.05) is 44.2 Å². The SMILES string of the molecule is CCC(NC(=O)C(C)N(c1cc(C)ccc1OC)S(C)(=O)=O)c1ccc(OC)cc1. The minimum absolute atomic E-state index is 0.258. The monoisotopic (exact) mass is 434 g/mol. The lowest BCUT2D eigenvalue weighted by Crippen LogP contribution is -2.48. The van der Waals surface area contributed by atoms with Gasteiger partial charge in [0.15, 0.2) is 0 Å². The first-order chi connectivity index (χ1) is 14.1. The van der Waals surface area contributed by atoms with E-state index in [1.165, 1.54) is 7.11 Å². The third kappa shape index (κ3) is 5.44. The summed E-state index contributed by atoms with van der Waals surface area (Å²) in [4.78, 5) is 13.1. The van der Waals surface area contributed by atoms with Gasteiger partial charge in [0.25, 0.3) is 0 Å². The van der Waals surface area contributed by atoms with Crippen molar-refractivity contribution in [2.75, 3.05) is 24.8 Å². The largest absolute Gasteiger partial charge is 0.497 e. The number of sulfonamides is 1. The third-order valence-corrected chi connectivity index (χ3v) is 6.13. The summed E-state index contributed by atoms with van der Waals surface area (Å²) >= 11 is 0. The van der Waals surface area contributed by atoms with Gasteiger partial charge in [0.2, 0.25) is 15.9 Å². The summed E-state index contributed by atoms with van der Waals surface area (Å²) in [5.41, 5.74) is 2.11. The van der Waals surface area contributed by atoms with Crippen molar-refractivity contribution in [3.8, 4) is 11.5 Å². The molecule has 7 nitrogen and oxygen atoms in total. The number of amides is 1. The minimum Gasteiger partial charge on any atom is -0.497 e. The molecule has 0 saturated heterocycles. The Morgan fingerprint density at radius 1 is 1.10 bits per heavy atom. The van der Waals surface area contributed by atoms with E-state index in [0.717, 1.165) is 27.4 Å². The number of methoxy groups -OCH3 is 2. The van der Waals surface area contributed by atoms with Gasteiger partial charge in [-0.15, -0.1) is 0 Å². The molecule has 8 heteroatoms. The van der Waals surface area contributed by atoms with E-state index < -0.39 is 22.0 Å². The fourth-order valence-electron chi connectivity index (χ4n) is 3.30. The molecule has 1 amide bonds. The molecule has 0 bridgehead atoms. The third-order valence-electron chi connectivity index (χ3n) is 4.90. The van der Waals surface area contributed by atoms with Crippen molar-refractivity contribution < 1.29 is 22.7 Å². The van der Waals surface area contributed by atoms with E-state index in [9.17, 15) is 13.2 Å². The molecule has 0 radical (unpaired) electrons. The molecule has 2 unspecified atom stereocenters. The number of carbonyl (C=O) groups excluding carboxylic acids is 1. The van der Waals surface area contributed by atoms with Crippen molar-refractivity contribution in [2.45, 2.75) is 39.3 Å². The highest BCUT2D eigenvalue weighted by atomic mass is 32.2. The summed E-state index contributed by atoms with van der Waals surface area (Å²) < 4.78 is 36.9. The van der Waals surface area contributed by atoms with Crippen LogP contribution in [-0.2, 0) is 14.8 Å². The Balaban J connectivity index is 2.34. The molecule has 164 valence electrons. The molecule has 2 rings (SSSR count). The van der Waals surface area contributed by atoms with Crippen LogP contribution in [-0.4, -0.2) is 40.8 Å². The molecule has 0 saturated carbocycles. The van der Waals surface area contributed by atoms with Gasteiger partial charge in [0.05, 0.1) is 32.2 Å². The van der Waals surface area contributed by atoms with E-state index in [1.54, 1.807) is 26.2 Å². The maximum atomic E-state index is 13.1. The van der Waals surface area contributed by atoms with E-state index in [-0.39, 0.29) is 6.04 Å². The fourth-order valence-corrected chi connectivity index (χ4v) is 4.47. The Bertz CT molecular complexity index is 974. The topological polar surface area (TPSA) is 84.9 Å². The Morgan fingerprint density at radius 2 is 1.73 bits per heavy atom. The summed E-state index contributed by atoms with van der Waals surface area (Å²) in [6.07, 6.45) is 1.73. The number of ether oxygens (including phenoxy) is 2. The quantitative estimate of drug-likeness (QED) is 0.654. The molecular weight excluding hydrogens is 404 g/mol.